The first-order chi connectivity index (χ1) is 8.19. The van der Waals surface area contributed by atoms with Crippen molar-refractivity contribution < 1.29 is 9.53 Å². The largest absolute Gasteiger partial charge is 0.377 e. The standard InChI is InChI=1S/C12H19N3O2/c1-3-17-11(9-13)8-12(16)15(2)10-4-6-14-7-5-10/h4-7,11H,3,8-9,13H2,1-2H3. The molecule has 1 aromatic heterocycles. The summed E-state index contributed by atoms with van der Waals surface area (Å²) in [4.78, 5) is 17.5. The fourth-order valence-electron chi connectivity index (χ4n) is 1.49. The van der Waals surface area contributed by atoms with E-state index in [9.17, 15) is 4.79 Å². The zero-order valence-electron chi connectivity index (χ0n) is 10.3. The van der Waals surface area contributed by atoms with Crippen molar-refractivity contribution >= 4 is 11.6 Å². The molecule has 0 radical (unpaired) electrons. The molecule has 0 aliphatic heterocycles. The summed E-state index contributed by atoms with van der Waals surface area (Å²) in [5, 5.41) is 0. The third-order valence-corrected chi connectivity index (χ3v) is 2.49. The van der Waals surface area contributed by atoms with Gasteiger partial charge in [-0.3, -0.25) is 9.78 Å². The van der Waals surface area contributed by atoms with Crippen molar-refractivity contribution in [1.29, 1.82) is 0 Å². The van der Waals surface area contributed by atoms with Gasteiger partial charge in [0.2, 0.25) is 5.91 Å². The van der Waals surface area contributed by atoms with Crippen LogP contribution in [-0.4, -0.2) is 37.2 Å². The number of rotatable bonds is 6. The summed E-state index contributed by atoms with van der Waals surface area (Å²) in [6.07, 6.45) is 3.39. The van der Waals surface area contributed by atoms with E-state index in [1.54, 1.807) is 36.5 Å². The number of hydrogen-bond donors (Lipinski definition) is 1. The van der Waals surface area contributed by atoms with Gasteiger partial charge >= 0.3 is 0 Å². The second-order valence-corrected chi connectivity index (χ2v) is 3.68. The lowest BCUT2D eigenvalue weighted by atomic mass is 10.2. The Labute approximate surface area is 102 Å². The lowest BCUT2D eigenvalue weighted by Gasteiger charge is -2.20. The van der Waals surface area contributed by atoms with Crippen LogP contribution in [0.1, 0.15) is 13.3 Å². The fraction of sp³-hybridized carbons (Fsp3) is 0.500. The molecule has 1 aromatic rings. The molecule has 5 heteroatoms. The zero-order valence-corrected chi connectivity index (χ0v) is 10.3. The summed E-state index contributed by atoms with van der Waals surface area (Å²) in [6, 6.07) is 3.58. The highest BCUT2D eigenvalue weighted by Crippen LogP contribution is 2.12. The smallest absolute Gasteiger partial charge is 0.229 e. The molecule has 2 N–H and O–H groups in total. The van der Waals surface area contributed by atoms with Crippen LogP contribution in [0.5, 0.6) is 0 Å². The summed E-state index contributed by atoms with van der Waals surface area (Å²) in [5.41, 5.74) is 6.36. The molecular formula is C12H19N3O2. The summed E-state index contributed by atoms with van der Waals surface area (Å²) in [7, 11) is 1.73. The highest BCUT2D eigenvalue weighted by molar-refractivity contribution is 5.92. The van der Waals surface area contributed by atoms with Gasteiger partial charge in [-0.25, -0.2) is 0 Å². The maximum absolute atomic E-state index is 12.0. The van der Waals surface area contributed by atoms with Crippen molar-refractivity contribution in [2.45, 2.75) is 19.4 Å². The van der Waals surface area contributed by atoms with Crippen molar-refractivity contribution in [1.82, 2.24) is 4.98 Å². The summed E-state index contributed by atoms with van der Waals surface area (Å²) in [5.74, 6) is -0.0138. The van der Waals surface area contributed by atoms with E-state index in [1.807, 2.05) is 6.92 Å². The Morgan fingerprint density at radius 1 is 1.53 bits per heavy atom. The number of aromatic nitrogens is 1. The normalized spacial score (nSPS) is 12.2. The molecule has 1 rings (SSSR count). The maximum Gasteiger partial charge on any atom is 0.229 e. The van der Waals surface area contributed by atoms with Gasteiger partial charge in [0.05, 0.1) is 12.5 Å². The van der Waals surface area contributed by atoms with E-state index in [0.29, 0.717) is 19.6 Å². The van der Waals surface area contributed by atoms with Crippen LogP contribution >= 0.6 is 0 Å². The number of hydrogen-bond acceptors (Lipinski definition) is 4. The molecular weight excluding hydrogens is 218 g/mol. The van der Waals surface area contributed by atoms with Gasteiger partial charge in [0, 0.05) is 38.3 Å². The van der Waals surface area contributed by atoms with Crippen LogP contribution in [0.3, 0.4) is 0 Å². The molecule has 0 fully saturated rings. The average molecular weight is 237 g/mol. The molecule has 94 valence electrons. The van der Waals surface area contributed by atoms with Crippen LogP contribution in [0, 0.1) is 0 Å². The van der Waals surface area contributed by atoms with Crippen LogP contribution in [0.15, 0.2) is 24.5 Å². The van der Waals surface area contributed by atoms with Crippen molar-refractivity contribution in [3.8, 4) is 0 Å². The van der Waals surface area contributed by atoms with Crippen LogP contribution in [0.2, 0.25) is 0 Å². The molecule has 5 nitrogen and oxygen atoms in total. The number of anilines is 1. The number of carbonyl (C=O) groups excluding carboxylic acids is 1. The predicted molar refractivity (Wildman–Crippen MR) is 66.7 cm³/mol. The van der Waals surface area contributed by atoms with Gasteiger partial charge in [-0.1, -0.05) is 0 Å². The Bertz CT molecular complexity index is 343. The minimum atomic E-state index is -0.211. The first-order valence-electron chi connectivity index (χ1n) is 5.67. The van der Waals surface area contributed by atoms with Crippen molar-refractivity contribution in [3.63, 3.8) is 0 Å². The first-order valence-corrected chi connectivity index (χ1v) is 5.67. The number of nitrogens with two attached hydrogens (primary N) is 1. The molecule has 0 spiro atoms. The Hall–Kier alpha value is -1.46. The van der Waals surface area contributed by atoms with Gasteiger partial charge in [-0.15, -0.1) is 0 Å². The lowest BCUT2D eigenvalue weighted by molar-refractivity contribution is -0.120. The van der Waals surface area contributed by atoms with Gasteiger partial charge in [0.15, 0.2) is 0 Å². The summed E-state index contributed by atoms with van der Waals surface area (Å²) in [6.45, 7) is 2.80. The molecule has 1 amide bonds. The molecule has 0 saturated carbocycles. The minimum Gasteiger partial charge on any atom is -0.377 e. The van der Waals surface area contributed by atoms with Gasteiger partial charge in [0.25, 0.3) is 0 Å². The SMILES string of the molecule is CCOC(CN)CC(=O)N(C)c1ccncc1. The molecule has 0 aliphatic rings. The monoisotopic (exact) mass is 237 g/mol. The van der Waals surface area contributed by atoms with Gasteiger partial charge in [-0.05, 0) is 19.1 Å². The molecule has 1 heterocycles. The number of amides is 1. The summed E-state index contributed by atoms with van der Waals surface area (Å²) < 4.78 is 5.36. The van der Waals surface area contributed by atoms with E-state index >= 15 is 0 Å². The van der Waals surface area contributed by atoms with E-state index in [-0.39, 0.29) is 12.0 Å². The summed E-state index contributed by atoms with van der Waals surface area (Å²) >= 11 is 0. The average Bonchev–Trinajstić information content (AvgIpc) is 2.38. The molecule has 1 atom stereocenters. The third-order valence-electron chi connectivity index (χ3n) is 2.49. The second kappa shape index (κ2) is 6.98. The van der Waals surface area contributed by atoms with Gasteiger partial charge in [0.1, 0.15) is 0 Å². The van der Waals surface area contributed by atoms with Gasteiger partial charge < -0.3 is 15.4 Å². The van der Waals surface area contributed by atoms with E-state index in [0.717, 1.165) is 5.69 Å². The molecule has 1 unspecified atom stereocenters. The fourth-order valence-corrected chi connectivity index (χ4v) is 1.49. The van der Waals surface area contributed by atoms with Crippen LogP contribution in [0.4, 0.5) is 5.69 Å². The predicted octanol–water partition coefficient (Wildman–Crippen LogP) is 0.798. The Kier molecular flexibility index (Phi) is 5.59. The highest BCUT2D eigenvalue weighted by Gasteiger charge is 2.16. The molecule has 17 heavy (non-hydrogen) atoms. The molecule has 0 bridgehead atoms. The number of carbonyl (C=O) groups is 1. The van der Waals surface area contributed by atoms with E-state index in [1.165, 1.54) is 0 Å². The lowest BCUT2D eigenvalue weighted by Crippen LogP contribution is -2.34. The van der Waals surface area contributed by atoms with Gasteiger partial charge in [-0.2, -0.15) is 0 Å². The van der Waals surface area contributed by atoms with Crippen LogP contribution in [0.25, 0.3) is 0 Å². The van der Waals surface area contributed by atoms with Crippen LogP contribution in [-0.2, 0) is 9.53 Å². The maximum atomic E-state index is 12.0. The van der Waals surface area contributed by atoms with E-state index in [4.69, 9.17) is 10.5 Å². The van der Waals surface area contributed by atoms with E-state index < -0.39 is 0 Å². The van der Waals surface area contributed by atoms with E-state index in [2.05, 4.69) is 4.98 Å². The quantitative estimate of drug-likeness (QED) is 0.794. The Morgan fingerprint density at radius 2 is 2.18 bits per heavy atom. The molecule has 0 aliphatic carbocycles. The zero-order chi connectivity index (χ0) is 12.7. The van der Waals surface area contributed by atoms with Crippen molar-refractivity contribution in [2.75, 3.05) is 25.1 Å². The first kappa shape index (κ1) is 13.6. The molecule has 0 saturated heterocycles. The second-order valence-electron chi connectivity index (χ2n) is 3.68. The Balaban J connectivity index is 2.58. The third kappa shape index (κ3) is 4.13. The number of ether oxygens (including phenoxy) is 1. The number of pyridine rings is 1. The van der Waals surface area contributed by atoms with Crippen molar-refractivity contribution in [3.05, 3.63) is 24.5 Å². The molecule has 0 aromatic carbocycles. The Morgan fingerprint density at radius 3 is 2.71 bits per heavy atom. The topological polar surface area (TPSA) is 68.5 Å². The van der Waals surface area contributed by atoms with Crippen molar-refractivity contribution in [2.24, 2.45) is 5.73 Å². The number of nitrogens with zero attached hydrogens (tertiary/aromatic N) is 2. The highest BCUT2D eigenvalue weighted by atomic mass is 16.5. The van der Waals surface area contributed by atoms with Crippen LogP contribution < -0.4 is 10.6 Å². The minimum absolute atomic E-state index is 0.0138.